The first-order valence-corrected chi connectivity index (χ1v) is 28.1. The minimum atomic E-state index is -3.93. The average molecular weight is 973 g/mol. The van der Waals surface area contributed by atoms with Crippen LogP contribution in [0.3, 0.4) is 0 Å². The zero-order chi connectivity index (χ0) is 42.2. The summed E-state index contributed by atoms with van der Waals surface area (Å²) in [5, 5.41) is 10.3. The first kappa shape index (κ1) is 48.7. The standard InChI is InChI=1S/2C26H23.C4H7F3Si.2ClH.Zr/c2*1-2-7-19(8-3-1)15-20-16-23-11-6-12-25(26(23)17-20)24-14-13-21-9-4-5-10-22(21)18-24;1-8-3-2-4(5,6)7;;;/h2*4-6,9-15,17-19H,1-3,7-8H2;2-3H2,1H3;2*1H;/q2*-1;;;;+2/p-2. The van der Waals surface area contributed by atoms with Gasteiger partial charge in [-0.25, -0.2) is 0 Å². The molecular weight excluding hydrogens is 920 g/mol. The molecule has 0 unspecified atom stereocenters. The number of benzene rings is 6. The molecule has 0 spiro atoms. The van der Waals surface area contributed by atoms with Crippen LogP contribution in [0, 0.1) is 11.8 Å². The molecule has 0 heterocycles. The van der Waals surface area contributed by atoms with Gasteiger partial charge in [0.2, 0.25) is 0 Å². The van der Waals surface area contributed by atoms with E-state index in [1.165, 1.54) is 163 Å². The number of halogens is 5. The fourth-order valence-electron chi connectivity index (χ4n) is 9.19. The van der Waals surface area contributed by atoms with Gasteiger partial charge in [0, 0.05) is 0 Å². The Kier molecular flexibility index (Phi) is 17.7. The zero-order valence-electron chi connectivity index (χ0n) is 35.9. The molecule has 63 heavy (non-hydrogen) atoms. The van der Waals surface area contributed by atoms with Crippen molar-refractivity contribution in [3.8, 4) is 22.3 Å². The van der Waals surface area contributed by atoms with Crippen molar-refractivity contribution in [2.24, 2.45) is 11.8 Å². The molecule has 4 aliphatic rings. The number of allylic oxidation sites excluding steroid dienone is 4. The maximum absolute atomic E-state index is 11.4. The van der Waals surface area contributed by atoms with Crippen LogP contribution in [0.5, 0.6) is 0 Å². The van der Waals surface area contributed by atoms with Crippen molar-refractivity contribution in [2.45, 2.75) is 89.4 Å². The van der Waals surface area contributed by atoms with Crippen molar-refractivity contribution in [2.75, 3.05) is 0 Å². The van der Waals surface area contributed by atoms with E-state index in [2.05, 4.69) is 158 Å². The van der Waals surface area contributed by atoms with Crippen LogP contribution in [-0.4, -0.2) is 11.6 Å². The Bertz CT molecular complexity index is 2680. The molecule has 0 saturated heterocycles. The summed E-state index contributed by atoms with van der Waals surface area (Å²) < 4.78 is 34.3. The van der Waals surface area contributed by atoms with E-state index < -0.39 is 18.0 Å². The van der Waals surface area contributed by atoms with Crippen LogP contribution in [0.25, 0.3) is 68.1 Å². The third-order valence-corrected chi connectivity index (χ3v) is 15.2. The molecule has 0 aromatic heterocycles. The Hall–Kier alpha value is -3.73. The van der Waals surface area contributed by atoms with E-state index in [0.29, 0.717) is 6.04 Å². The van der Waals surface area contributed by atoms with E-state index in [-0.39, 0.29) is 24.8 Å². The molecular formula is C56H53Cl2F3SiZr-2. The van der Waals surface area contributed by atoms with Gasteiger partial charge in [-0.2, -0.15) is 0 Å². The van der Waals surface area contributed by atoms with Crippen LogP contribution >= 0.6 is 0 Å². The molecule has 7 heteroatoms. The number of hydrogen-bond donors (Lipinski definition) is 0. The fourth-order valence-corrected chi connectivity index (χ4v) is 10.8. The third kappa shape index (κ3) is 13.2. The summed E-state index contributed by atoms with van der Waals surface area (Å²) in [6.07, 6.45) is 26.1. The molecule has 6 aromatic carbocycles. The average Bonchev–Trinajstić information content (AvgIpc) is 3.89. The predicted molar refractivity (Wildman–Crippen MR) is 249 cm³/mol. The molecule has 0 atom stereocenters. The number of fused-ring (bicyclic) bond motifs is 4. The van der Waals surface area contributed by atoms with E-state index in [9.17, 15) is 13.2 Å². The minimum absolute atomic E-state index is 0. The number of rotatable bonds is 6. The first-order chi connectivity index (χ1) is 29.6. The van der Waals surface area contributed by atoms with Gasteiger partial charge < -0.3 is 24.8 Å². The molecule has 0 amide bonds. The van der Waals surface area contributed by atoms with Gasteiger partial charge in [-0.3, -0.25) is 0 Å². The molecule has 0 nitrogen and oxygen atoms in total. The van der Waals surface area contributed by atoms with Gasteiger partial charge in [0.15, 0.2) is 0 Å². The van der Waals surface area contributed by atoms with Crippen molar-refractivity contribution in [1.82, 2.24) is 0 Å². The van der Waals surface area contributed by atoms with E-state index in [1.807, 2.05) is 6.55 Å². The molecule has 322 valence electrons. The van der Waals surface area contributed by atoms with Crippen LogP contribution in [-0.2, 0) is 23.3 Å². The maximum atomic E-state index is 11.4. The second-order valence-electron chi connectivity index (χ2n) is 17.1. The summed E-state index contributed by atoms with van der Waals surface area (Å²) in [6.45, 7) is 1.93. The summed E-state index contributed by atoms with van der Waals surface area (Å²) >= 11 is 1.29. The molecule has 0 N–H and O–H groups in total. The molecule has 10 rings (SSSR count). The fraction of sp³-hybridized carbons (Fsp3) is 0.286. The smallest absolute Gasteiger partial charge is 0.0178 e. The van der Waals surface area contributed by atoms with Gasteiger partial charge in [-0.05, 0) is 56.6 Å². The summed E-state index contributed by atoms with van der Waals surface area (Å²) in [5.41, 5.74) is 7.16. The molecule has 0 bridgehead atoms. The minimum Gasteiger partial charge on any atom is -1.00 e. The Morgan fingerprint density at radius 1 is 0.556 bits per heavy atom. The quantitative estimate of drug-likeness (QED) is 0.124. The van der Waals surface area contributed by atoms with Crippen molar-refractivity contribution in [3.05, 3.63) is 166 Å². The first-order valence-electron chi connectivity index (χ1n) is 22.2. The molecule has 4 aliphatic carbocycles. The van der Waals surface area contributed by atoms with Gasteiger partial charge >= 0.3 is 67.1 Å². The Balaban J connectivity index is 0.000000172. The van der Waals surface area contributed by atoms with Crippen molar-refractivity contribution in [3.63, 3.8) is 0 Å². The normalized spacial score (nSPS) is 17.0. The second kappa shape index (κ2) is 22.9. The van der Waals surface area contributed by atoms with Crippen molar-refractivity contribution < 1.29 is 61.3 Å². The Labute approximate surface area is 398 Å². The SMILES string of the molecule is C[Si](=[Zr+2])CCC(F)(F)F.[C-]1=c2cccc(-c3ccc4ccccc4c3)c2=CC1=CC1CCCCC1.[C-]1=c2cccc(-c3ccc4ccccc4c3)c2=CC1=CC1CCCCC1.[Cl-].[Cl-]. The van der Waals surface area contributed by atoms with E-state index in [4.69, 9.17) is 0 Å². The summed E-state index contributed by atoms with van der Waals surface area (Å²) in [7, 11) is 0. The van der Waals surface area contributed by atoms with Gasteiger partial charge in [-0.1, -0.05) is 172 Å². The van der Waals surface area contributed by atoms with E-state index >= 15 is 0 Å². The van der Waals surface area contributed by atoms with Crippen molar-refractivity contribution in [1.29, 1.82) is 0 Å². The van der Waals surface area contributed by atoms with Gasteiger partial charge in [0.25, 0.3) is 0 Å². The van der Waals surface area contributed by atoms with E-state index in [0.717, 1.165) is 11.8 Å². The van der Waals surface area contributed by atoms with Crippen LogP contribution in [0.15, 0.2) is 145 Å². The second-order valence-corrected chi connectivity index (χ2v) is 25.5. The zero-order valence-corrected chi connectivity index (χ0v) is 40.9. The van der Waals surface area contributed by atoms with Crippen LogP contribution in [0.4, 0.5) is 13.2 Å². The van der Waals surface area contributed by atoms with Crippen LogP contribution in [0.2, 0.25) is 12.6 Å². The van der Waals surface area contributed by atoms with E-state index in [1.54, 1.807) is 0 Å². The summed E-state index contributed by atoms with van der Waals surface area (Å²) in [4.78, 5) is 0. The van der Waals surface area contributed by atoms with Crippen molar-refractivity contribution >= 4 is 51.3 Å². The predicted octanol–water partition coefficient (Wildman–Crippen LogP) is 7.05. The maximum Gasteiger partial charge on any atom is -0.0178 e. The molecule has 6 aromatic rings. The third-order valence-electron chi connectivity index (χ3n) is 12.4. The number of hydrogen-bond acceptors (Lipinski definition) is 0. The molecule has 2 saturated carbocycles. The monoisotopic (exact) mass is 970 g/mol. The summed E-state index contributed by atoms with van der Waals surface area (Å²) in [5.74, 6) is 1.47. The number of alkyl halides is 3. The topological polar surface area (TPSA) is 0 Å². The largest absolute Gasteiger partial charge is 1.00 e. The summed E-state index contributed by atoms with van der Waals surface area (Å²) in [6, 6.07) is 44.3. The molecule has 2 fully saturated rings. The molecule has 0 radical (unpaired) electrons. The van der Waals surface area contributed by atoms with Crippen LogP contribution < -0.4 is 45.7 Å². The van der Waals surface area contributed by atoms with Crippen LogP contribution in [0.1, 0.15) is 70.6 Å². The molecule has 0 aliphatic heterocycles. The Morgan fingerprint density at radius 3 is 1.35 bits per heavy atom. The van der Waals surface area contributed by atoms with Gasteiger partial charge in [0.1, 0.15) is 0 Å². The van der Waals surface area contributed by atoms with Gasteiger partial charge in [0.05, 0.1) is 0 Å². The van der Waals surface area contributed by atoms with Gasteiger partial charge in [-0.15, -0.1) is 80.6 Å². The Morgan fingerprint density at radius 2 is 0.968 bits per heavy atom.